The number of hydrogen-bond acceptors (Lipinski definition) is 4. The average Bonchev–Trinajstić information content (AvgIpc) is 3.14. The van der Waals surface area contributed by atoms with Gasteiger partial charge in [0, 0.05) is 24.4 Å². The Hall–Kier alpha value is -2.00. The Labute approximate surface area is 161 Å². The summed E-state index contributed by atoms with van der Waals surface area (Å²) >= 11 is 6.03. The van der Waals surface area contributed by atoms with E-state index in [0.717, 1.165) is 18.9 Å². The number of rotatable bonds is 6. The molecule has 1 fully saturated rings. The van der Waals surface area contributed by atoms with E-state index in [0.29, 0.717) is 6.61 Å². The summed E-state index contributed by atoms with van der Waals surface area (Å²) in [4.78, 5) is 12.2. The second-order valence-corrected chi connectivity index (χ2v) is 8.24. The van der Waals surface area contributed by atoms with Gasteiger partial charge in [0.25, 0.3) is 5.91 Å². The van der Waals surface area contributed by atoms with Crippen LogP contribution >= 0.6 is 11.6 Å². The molecule has 0 aromatic heterocycles. The van der Waals surface area contributed by atoms with E-state index in [1.807, 2.05) is 0 Å². The number of sulfonamides is 1. The van der Waals surface area contributed by atoms with E-state index in [4.69, 9.17) is 16.3 Å². The molecule has 9 heteroatoms. The first-order valence-corrected chi connectivity index (χ1v) is 10.2. The van der Waals surface area contributed by atoms with E-state index in [-0.39, 0.29) is 33.8 Å². The summed E-state index contributed by atoms with van der Waals surface area (Å²) < 4.78 is 46.2. The lowest BCUT2D eigenvalue weighted by Crippen LogP contribution is -2.32. The van der Waals surface area contributed by atoms with Crippen LogP contribution in [0.1, 0.15) is 23.2 Å². The van der Waals surface area contributed by atoms with Crippen molar-refractivity contribution < 1.29 is 22.3 Å². The molecule has 6 nitrogen and oxygen atoms in total. The first-order valence-electron chi connectivity index (χ1n) is 8.33. The highest BCUT2D eigenvalue weighted by molar-refractivity contribution is 7.89. The van der Waals surface area contributed by atoms with Gasteiger partial charge in [-0.2, -0.15) is 0 Å². The number of amides is 1. The average molecular weight is 413 g/mol. The highest BCUT2D eigenvalue weighted by Crippen LogP contribution is 2.24. The van der Waals surface area contributed by atoms with Gasteiger partial charge in [0.2, 0.25) is 10.0 Å². The molecule has 27 heavy (non-hydrogen) atoms. The zero-order valence-corrected chi connectivity index (χ0v) is 15.8. The molecule has 2 N–H and O–H groups in total. The van der Waals surface area contributed by atoms with Crippen LogP contribution in [0, 0.1) is 5.82 Å². The lowest BCUT2D eigenvalue weighted by molar-refractivity contribution is 0.102. The third-order valence-corrected chi connectivity index (χ3v) is 6.00. The summed E-state index contributed by atoms with van der Waals surface area (Å²) in [5.74, 6) is -1.07. The van der Waals surface area contributed by atoms with E-state index in [1.54, 1.807) is 0 Å². The molecule has 0 bridgehead atoms. The predicted molar refractivity (Wildman–Crippen MR) is 100.0 cm³/mol. The summed E-state index contributed by atoms with van der Waals surface area (Å²) in [5, 5.41) is 2.51. The number of halogens is 2. The standard InChI is InChI=1S/C18H18ClFN2O4S/c19-16-7-6-12(18(23)22-14-4-1-3-13(20)10-14)9-17(16)27(24,25)21-11-15-5-2-8-26-15/h1,3-4,6-7,9-10,15,21H,2,5,8,11H2,(H,22,23)/t15-/m1/s1. The van der Waals surface area contributed by atoms with Crippen molar-refractivity contribution in [3.05, 3.63) is 58.9 Å². The predicted octanol–water partition coefficient (Wildman–Crippen LogP) is 3.19. The maximum Gasteiger partial charge on any atom is 0.255 e. The van der Waals surface area contributed by atoms with Gasteiger partial charge in [-0.05, 0) is 49.2 Å². The molecule has 3 rings (SSSR count). The largest absolute Gasteiger partial charge is 0.377 e. The molecule has 0 radical (unpaired) electrons. The molecular formula is C18H18ClFN2O4S. The Bertz CT molecular complexity index is 946. The monoisotopic (exact) mass is 412 g/mol. The molecular weight excluding hydrogens is 395 g/mol. The van der Waals surface area contributed by atoms with Crippen LogP contribution in [0.2, 0.25) is 5.02 Å². The van der Waals surface area contributed by atoms with E-state index in [9.17, 15) is 17.6 Å². The number of benzene rings is 2. The lowest BCUT2D eigenvalue weighted by atomic mass is 10.2. The highest BCUT2D eigenvalue weighted by atomic mass is 35.5. The van der Waals surface area contributed by atoms with Gasteiger partial charge in [-0.15, -0.1) is 0 Å². The minimum absolute atomic E-state index is 0.00264. The van der Waals surface area contributed by atoms with Gasteiger partial charge in [0.05, 0.1) is 11.1 Å². The van der Waals surface area contributed by atoms with E-state index >= 15 is 0 Å². The number of hydrogen-bond donors (Lipinski definition) is 2. The Morgan fingerprint density at radius 2 is 2.07 bits per heavy atom. The minimum atomic E-state index is -3.92. The Morgan fingerprint density at radius 3 is 2.78 bits per heavy atom. The molecule has 0 saturated carbocycles. The Morgan fingerprint density at radius 1 is 1.26 bits per heavy atom. The van der Waals surface area contributed by atoms with Crippen LogP contribution in [0.15, 0.2) is 47.4 Å². The molecule has 1 saturated heterocycles. The number of ether oxygens (including phenoxy) is 1. The van der Waals surface area contributed by atoms with E-state index in [1.165, 1.54) is 36.4 Å². The van der Waals surface area contributed by atoms with Crippen LogP contribution in [0.25, 0.3) is 0 Å². The van der Waals surface area contributed by atoms with Crippen LogP contribution in [0.5, 0.6) is 0 Å². The van der Waals surface area contributed by atoms with Crippen molar-refractivity contribution in [2.45, 2.75) is 23.8 Å². The maximum atomic E-state index is 13.2. The normalized spacial score (nSPS) is 17.0. The molecule has 0 aliphatic carbocycles. The van der Waals surface area contributed by atoms with Crippen molar-refractivity contribution in [2.24, 2.45) is 0 Å². The lowest BCUT2D eigenvalue weighted by Gasteiger charge is -2.13. The number of carbonyl (C=O) groups is 1. The first kappa shape index (κ1) is 19.8. The third kappa shape index (κ3) is 5.04. The van der Waals surface area contributed by atoms with Crippen molar-refractivity contribution in [3.8, 4) is 0 Å². The van der Waals surface area contributed by atoms with Crippen LogP contribution in [0.4, 0.5) is 10.1 Å². The molecule has 0 unspecified atom stereocenters. The molecule has 1 aliphatic heterocycles. The molecule has 144 valence electrons. The molecule has 1 heterocycles. The van der Waals surface area contributed by atoms with E-state index in [2.05, 4.69) is 10.0 Å². The van der Waals surface area contributed by atoms with Gasteiger partial charge in [-0.3, -0.25) is 4.79 Å². The first-order chi connectivity index (χ1) is 12.8. The van der Waals surface area contributed by atoms with Crippen LogP contribution in [-0.2, 0) is 14.8 Å². The second kappa shape index (κ2) is 8.35. The molecule has 1 aliphatic rings. The van der Waals surface area contributed by atoms with Crippen molar-refractivity contribution in [1.82, 2.24) is 4.72 Å². The minimum Gasteiger partial charge on any atom is -0.377 e. The fourth-order valence-electron chi connectivity index (χ4n) is 2.71. The van der Waals surface area contributed by atoms with Crippen molar-refractivity contribution in [2.75, 3.05) is 18.5 Å². The maximum absolute atomic E-state index is 13.2. The zero-order chi connectivity index (χ0) is 19.4. The van der Waals surface area contributed by atoms with Gasteiger partial charge in [0.15, 0.2) is 0 Å². The SMILES string of the molecule is O=C(Nc1cccc(F)c1)c1ccc(Cl)c(S(=O)(=O)NC[C@H]2CCCO2)c1. The van der Waals surface area contributed by atoms with Gasteiger partial charge in [-0.25, -0.2) is 17.5 Å². The van der Waals surface area contributed by atoms with Crippen LogP contribution in [0.3, 0.4) is 0 Å². The summed E-state index contributed by atoms with van der Waals surface area (Å²) in [6.45, 7) is 0.751. The summed E-state index contributed by atoms with van der Waals surface area (Å²) in [7, 11) is -3.92. The highest BCUT2D eigenvalue weighted by Gasteiger charge is 2.23. The smallest absolute Gasteiger partial charge is 0.255 e. The molecule has 0 spiro atoms. The number of carbonyl (C=O) groups excluding carboxylic acids is 1. The fourth-order valence-corrected chi connectivity index (χ4v) is 4.30. The van der Waals surface area contributed by atoms with Gasteiger partial charge in [0.1, 0.15) is 10.7 Å². The summed E-state index contributed by atoms with van der Waals surface area (Å²) in [5.41, 5.74) is 0.344. The topological polar surface area (TPSA) is 84.5 Å². The van der Waals surface area contributed by atoms with Gasteiger partial charge in [-0.1, -0.05) is 17.7 Å². The number of nitrogens with one attached hydrogen (secondary N) is 2. The quantitative estimate of drug-likeness (QED) is 0.763. The molecule has 2 aromatic rings. The fraction of sp³-hybridized carbons (Fsp3) is 0.278. The van der Waals surface area contributed by atoms with Crippen molar-refractivity contribution in [3.63, 3.8) is 0 Å². The van der Waals surface area contributed by atoms with Crippen molar-refractivity contribution >= 4 is 33.2 Å². The Kier molecular flexibility index (Phi) is 6.11. The molecule has 2 aromatic carbocycles. The Balaban J connectivity index is 1.77. The van der Waals surface area contributed by atoms with Crippen LogP contribution in [-0.4, -0.2) is 33.6 Å². The van der Waals surface area contributed by atoms with E-state index < -0.39 is 21.7 Å². The molecule has 1 atom stereocenters. The second-order valence-electron chi connectivity index (χ2n) is 6.10. The summed E-state index contributed by atoms with van der Waals surface area (Å²) in [6.07, 6.45) is 1.51. The zero-order valence-electron chi connectivity index (χ0n) is 14.2. The summed E-state index contributed by atoms with van der Waals surface area (Å²) in [6, 6.07) is 9.32. The number of anilines is 1. The third-order valence-electron chi connectivity index (χ3n) is 4.09. The molecule has 1 amide bonds. The van der Waals surface area contributed by atoms with Crippen LogP contribution < -0.4 is 10.0 Å². The van der Waals surface area contributed by atoms with Gasteiger partial charge >= 0.3 is 0 Å². The van der Waals surface area contributed by atoms with Gasteiger partial charge < -0.3 is 10.1 Å². The van der Waals surface area contributed by atoms with Crippen molar-refractivity contribution in [1.29, 1.82) is 0 Å².